The van der Waals surface area contributed by atoms with Gasteiger partial charge in [-0.05, 0) is 24.6 Å². The lowest BCUT2D eigenvalue weighted by molar-refractivity contribution is 0.302. The van der Waals surface area contributed by atoms with E-state index < -0.39 is 0 Å². The van der Waals surface area contributed by atoms with Crippen molar-refractivity contribution in [2.45, 2.75) is 13.5 Å². The minimum absolute atomic E-state index is 0.309. The monoisotopic (exact) mass is 247 g/mol. The maximum absolute atomic E-state index is 13.1. The summed E-state index contributed by atoms with van der Waals surface area (Å²) in [6.45, 7) is 2.20. The third kappa shape index (κ3) is 2.95. The van der Waals surface area contributed by atoms with E-state index in [-0.39, 0.29) is 5.82 Å². The van der Waals surface area contributed by atoms with E-state index in [1.54, 1.807) is 18.3 Å². The van der Waals surface area contributed by atoms with Gasteiger partial charge < -0.3 is 10.2 Å². The van der Waals surface area contributed by atoms with Gasteiger partial charge in [0.15, 0.2) is 0 Å². The molecule has 0 atom stereocenters. The van der Waals surface area contributed by atoms with Crippen molar-refractivity contribution >= 4 is 5.82 Å². The van der Waals surface area contributed by atoms with Crippen LogP contribution >= 0.6 is 0 Å². The summed E-state index contributed by atoms with van der Waals surface area (Å²) in [5, 5.41) is 0. The normalized spacial score (nSPS) is 10.2. The van der Waals surface area contributed by atoms with E-state index in [9.17, 15) is 4.39 Å². The van der Waals surface area contributed by atoms with Crippen molar-refractivity contribution in [3.63, 3.8) is 0 Å². The lowest BCUT2D eigenvalue weighted by Gasteiger charge is -2.09. The molecule has 0 aliphatic rings. The average molecular weight is 247 g/mol. The van der Waals surface area contributed by atoms with Gasteiger partial charge in [-0.25, -0.2) is 15.2 Å². The number of nitrogens with two attached hydrogens (primary N) is 1. The highest BCUT2D eigenvalue weighted by molar-refractivity contribution is 5.35. The van der Waals surface area contributed by atoms with Crippen LogP contribution in [0.15, 0.2) is 36.5 Å². The smallest absolute Gasteiger partial charge is 0.139 e. The molecule has 0 amide bonds. The fraction of sp³-hybridized carbons (Fsp3) is 0.154. The Hall–Kier alpha value is -2.14. The molecule has 0 unspecified atom stereocenters. The molecule has 1 aromatic carbocycles. The lowest BCUT2D eigenvalue weighted by Crippen LogP contribution is -2.08. The zero-order valence-corrected chi connectivity index (χ0v) is 9.98. The Kier molecular flexibility index (Phi) is 3.74. The van der Waals surface area contributed by atoms with Crippen molar-refractivity contribution in [1.82, 2.24) is 4.98 Å². The zero-order valence-electron chi connectivity index (χ0n) is 9.98. The summed E-state index contributed by atoms with van der Waals surface area (Å²) in [7, 11) is 0. The van der Waals surface area contributed by atoms with Gasteiger partial charge in [-0.3, -0.25) is 0 Å². The molecule has 0 saturated carbocycles. The molecule has 1 heterocycles. The first-order chi connectivity index (χ1) is 8.69. The largest absolute Gasteiger partial charge is 0.488 e. The topological polar surface area (TPSA) is 60.2 Å². The minimum atomic E-state index is -0.309. The zero-order chi connectivity index (χ0) is 13.0. The van der Waals surface area contributed by atoms with Crippen LogP contribution in [0.2, 0.25) is 0 Å². The van der Waals surface area contributed by atoms with Gasteiger partial charge in [0, 0.05) is 17.8 Å². The fourth-order valence-corrected chi connectivity index (χ4v) is 1.49. The number of aryl methyl sites for hydroxylation is 1. The number of nitrogens with one attached hydrogen (secondary N) is 1. The first kappa shape index (κ1) is 12.3. The Bertz CT molecular complexity index is 528. The van der Waals surface area contributed by atoms with E-state index in [0.717, 1.165) is 11.1 Å². The van der Waals surface area contributed by atoms with Crippen LogP contribution in [0.4, 0.5) is 10.2 Å². The first-order valence-electron chi connectivity index (χ1n) is 5.49. The molecule has 0 bridgehead atoms. The van der Waals surface area contributed by atoms with Crippen LogP contribution in [0.1, 0.15) is 11.1 Å². The van der Waals surface area contributed by atoms with Crippen molar-refractivity contribution in [2.75, 3.05) is 5.43 Å². The number of aromatic nitrogens is 1. The summed E-state index contributed by atoms with van der Waals surface area (Å²) in [6, 6.07) is 8.06. The van der Waals surface area contributed by atoms with Gasteiger partial charge in [0.2, 0.25) is 0 Å². The minimum Gasteiger partial charge on any atom is -0.488 e. The van der Waals surface area contributed by atoms with Gasteiger partial charge in [-0.1, -0.05) is 12.1 Å². The molecule has 0 aliphatic heterocycles. The molecule has 4 nitrogen and oxygen atoms in total. The van der Waals surface area contributed by atoms with Gasteiger partial charge in [-0.2, -0.15) is 0 Å². The van der Waals surface area contributed by atoms with Crippen molar-refractivity contribution in [1.29, 1.82) is 0 Å². The van der Waals surface area contributed by atoms with Crippen molar-refractivity contribution in [2.24, 2.45) is 5.84 Å². The van der Waals surface area contributed by atoms with Crippen LogP contribution in [0.25, 0.3) is 0 Å². The number of hydrazine groups is 1. The Labute approximate surface area is 105 Å². The molecule has 0 saturated heterocycles. The predicted octanol–water partition coefficient (Wildman–Crippen LogP) is 2.39. The van der Waals surface area contributed by atoms with Crippen LogP contribution in [0.3, 0.4) is 0 Å². The molecule has 2 rings (SSSR count). The van der Waals surface area contributed by atoms with Crippen LogP contribution in [0, 0.1) is 12.7 Å². The second-order valence-corrected chi connectivity index (χ2v) is 3.89. The molecule has 5 heteroatoms. The molecular weight excluding hydrogens is 233 g/mol. The van der Waals surface area contributed by atoms with E-state index >= 15 is 0 Å². The molecule has 2 aromatic rings. The van der Waals surface area contributed by atoms with E-state index in [1.165, 1.54) is 12.1 Å². The highest BCUT2D eigenvalue weighted by atomic mass is 19.1. The third-order valence-corrected chi connectivity index (χ3v) is 2.52. The maximum Gasteiger partial charge on any atom is 0.139 e. The number of pyridine rings is 1. The Morgan fingerprint density at radius 3 is 2.83 bits per heavy atom. The average Bonchev–Trinajstić information content (AvgIpc) is 2.40. The molecule has 0 radical (unpaired) electrons. The standard InChI is InChI=1S/C13H14FN3O/c1-9-2-4-11(14)6-12(9)18-8-10-3-5-13(17-15)16-7-10/h2-7H,8,15H2,1H3,(H,16,17). The number of halogens is 1. The highest BCUT2D eigenvalue weighted by Crippen LogP contribution is 2.20. The van der Waals surface area contributed by atoms with Gasteiger partial charge in [0.25, 0.3) is 0 Å². The van der Waals surface area contributed by atoms with Crippen LogP contribution in [-0.2, 0) is 6.61 Å². The van der Waals surface area contributed by atoms with E-state index in [0.29, 0.717) is 18.2 Å². The quantitative estimate of drug-likeness (QED) is 0.643. The van der Waals surface area contributed by atoms with Crippen LogP contribution in [0.5, 0.6) is 5.75 Å². The van der Waals surface area contributed by atoms with E-state index in [1.807, 2.05) is 13.0 Å². The number of benzene rings is 1. The van der Waals surface area contributed by atoms with Crippen LogP contribution in [-0.4, -0.2) is 4.98 Å². The summed E-state index contributed by atoms with van der Waals surface area (Å²) in [6.07, 6.45) is 1.66. The van der Waals surface area contributed by atoms with Gasteiger partial charge >= 0.3 is 0 Å². The molecule has 1 aromatic heterocycles. The van der Waals surface area contributed by atoms with Crippen LogP contribution < -0.4 is 16.0 Å². The summed E-state index contributed by atoms with van der Waals surface area (Å²) in [4.78, 5) is 4.06. The molecular formula is C13H14FN3O. The SMILES string of the molecule is Cc1ccc(F)cc1OCc1ccc(NN)nc1. The molecule has 0 fully saturated rings. The van der Waals surface area contributed by atoms with Crippen molar-refractivity contribution in [3.8, 4) is 5.75 Å². The Morgan fingerprint density at radius 2 is 2.17 bits per heavy atom. The van der Waals surface area contributed by atoms with E-state index in [2.05, 4.69) is 10.4 Å². The number of ether oxygens (including phenoxy) is 1. The molecule has 3 N–H and O–H groups in total. The van der Waals surface area contributed by atoms with Crippen molar-refractivity contribution < 1.29 is 9.13 Å². The van der Waals surface area contributed by atoms with E-state index in [4.69, 9.17) is 10.6 Å². The number of hydrogen-bond donors (Lipinski definition) is 2. The Balaban J connectivity index is 2.04. The number of nitrogens with zero attached hydrogens (tertiary/aromatic N) is 1. The molecule has 18 heavy (non-hydrogen) atoms. The first-order valence-corrected chi connectivity index (χ1v) is 5.49. The third-order valence-electron chi connectivity index (χ3n) is 2.52. The maximum atomic E-state index is 13.1. The summed E-state index contributed by atoms with van der Waals surface area (Å²) >= 11 is 0. The lowest BCUT2D eigenvalue weighted by atomic mass is 10.2. The summed E-state index contributed by atoms with van der Waals surface area (Å²) in [5.74, 6) is 6.03. The Morgan fingerprint density at radius 1 is 1.33 bits per heavy atom. The number of nitrogen functional groups attached to an aromatic ring is 1. The number of anilines is 1. The molecule has 0 aliphatic carbocycles. The summed E-state index contributed by atoms with van der Waals surface area (Å²) < 4.78 is 18.6. The van der Waals surface area contributed by atoms with Gasteiger partial charge in [0.05, 0.1) is 0 Å². The molecule has 0 spiro atoms. The molecule has 94 valence electrons. The van der Waals surface area contributed by atoms with Crippen molar-refractivity contribution in [3.05, 3.63) is 53.5 Å². The summed E-state index contributed by atoms with van der Waals surface area (Å²) in [5.41, 5.74) is 4.22. The predicted molar refractivity (Wildman–Crippen MR) is 67.5 cm³/mol. The van der Waals surface area contributed by atoms with Gasteiger partial charge in [0.1, 0.15) is 24.0 Å². The number of hydrogen-bond acceptors (Lipinski definition) is 4. The second-order valence-electron chi connectivity index (χ2n) is 3.89. The fourth-order valence-electron chi connectivity index (χ4n) is 1.49. The highest BCUT2D eigenvalue weighted by Gasteiger charge is 2.02. The van der Waals surface area contributed by atoms with Gasteiger partial charge in [-0.15, -0.1) is 0 Å². The second kappa shape index (κ2) is 5.46. The number of rotatable bonds is 4.